The van der Waals surface area contributed by atoms with Crippen molar-refractivity contribution in [1.82, 2.24) is 0 Å². The van der Waals surface area contributed by atoms with Crippen LogP contribution in [0.25, 0.3) is 0 Å². The first-order valence-electron chi connectivity index (χ1n) is 6.54. The first-order valence-corrected chi connectivity index (χ1v) is 6.91. The third-order valence-corrected chi connectivity index (χ3v) is 3.51. The van der Waals surface area contributed by atoms with Crippen LogP contribution in [0.2, 0.25) is 5.02 Å². The number of oxime groups is 1. The molecule has 6 heteroatoms. The van der Waals surface area contributed by atoms with E-state index in [-0.39, 0.29) is 17.1 Å². The van der Waals surface area contributed by atoms with Crippen LogP contribution in [-0.4, -0.2) is 17.6 Å². The van der Waals surface area contributed by atoms with Gasteiger partial charge in [-0.25, -0.2) is 4.39 Å². The molecule has 4 N–H and O–H groups in total. The second-order valence-electron chi connectivity index (χ2n) is 5.38. The largest absolute Gasteiger partial charge is 0.409 e. The topological polar surface area (TPSA) is 70.6 Å². The molecule has 0 amide bonds. The van der Waals surface area contributed by atoms with Crippen molar-refractivity contribution in [2.24, 2.45) is 16.3 Å². The van der Waals surface area contributed by atoms with Crippen molar-refractivity contribution < 1.29 is 9.60 Å². The number of anilines is 1. The summed E-state index contributed by atoms with van der Waals surface area (Å²) >= 11 is 5.68. The number of nitrogens with one attached hydrogen (secondary N) is 1. The molecule has 1 aromatic rings. The highest BCUT2D eigenvalue weighted by molar-refractivity contribution is 6.30. The fourth-order valence-corrected chi connectivity index (χ4v) is 1.97. The highest BCUT2D eigenvalue weighted by atomic mass is 35.5. The summed E-state index contributed by atoms with van der Waals surface area (Å²) in [6, 6.07) is 4.55. The van der Waals surface area contributed by atoms with Crippen LogP contribution in [0.3, 0.4) is 0 Å². The summed E-state index contributed by atoms with van der Waals surface area (Å²) in [5.74, 6) is -0.122. The number of hydrogen-bond donors (Lipinski definition) is 3. The molecule has 0 atom stereocenters. The molecule has 0 spiro atoms. The van der Waals surface area contributed by atoms with E-state index in [0.717, 1.165) is 19.3 Å². The molecule has 0 aromatic heterocycles. The van der Waals surface area contributed by atoms with Crippen molar-refractivity contribution >= 4 is 23.1 Å². The predicted octanol–water partition coefficient (Wildman–Crippen LogP) is 3.83. The SMILES string of the molecule is CC(C)(CCCCNc1ccc(Cl)cc1F)/C(N)=N/O. The lowest BCUT2D eigenvalue weighted by atomic mass is 9.86. The zero-order valence-electron chi connectivity index (χ0n) is 11.8. The van der Waals surface area contributed by atoms with E-state index in [1.807, 2.05) is 13.8 Å². The zero-order valence-corrected chi connectivity index (χ0v) is 12.5. The summed E-state index contributed by atoms with van der Waals surface area (Å²) in [6.07, 6.45) is 2.56. The Bertz CT molecular complexity index is 477. The van der Waals surface area contributed by atoms with Gasteiger partial charge in [0.1, 0.15) is 11.7 Å². The van der Waals surface area contributed by atoms with Crippen molar-refractivity contribution in [1.29, 1.82) is 0 Å². The standard InChI is InChI=1S/C14H21ClFN3O/c1-14(2,13(17)19-20)7-3-4-8-18-12-6-5-10(15)9-11(12)16/h5-6,9,18,20H,3-4,7-8H2,1-2H3,(H2,17,19). The van der Waals surface area contributed by atoms with Crippen molar-refractivity contribution in [3.63, 3.8) is 0 Å². The van der Waals surface area contributed by atoms with Gasteiger partial charge in [0.05, 0.1) is 5.69 Å². The number of unbranched alkanes of at least 4 members (excludes halogenated alkanes) is 1. The number of nitrogens with two attached hydrogens (primary N) is 1. The van der Waals surface area contributed by atoms with Crippen LogP contribution in [0.1, 0.15) is 33.1 Å². The molecular weight excluding hydrogens is 281 g/mol. The summed E-state index contributed by atoms with van der Waals surface area (Å²) in [4.78, 5) is 0. The lowest BCUT2D eigenvalue weighted by Gasteiger charge is -2.22. The van der Waals surface area contributed by atoms with Gasteiger partial charge in [-0.15, -0.1) is 0 Å². The molecule has 0 bridgehead atoms. The van der Waals surface area contributed by atoms with Crippen LogP contribution in [0.5, 0.6) is 0 Å². The second-order valence-corrected chi connectivity index (χ2v) is 5.81. The van der Waals surface area contributed by atoms with Gasteiger partial charge in [0.2, 0.25) is 0 Å². The average molecular weight is 302 g/mol. The molecule has 1 rings (SSSR count). The van der Waals surface area contributed by atoms with Crippen LogP contribution < -0.4 is 11.1 Å². The predicted molar refractivity (Wildman–Crippen MR) is 80.9 cm³/mol. The van der Waals surface area contributed by atoms with Gasteiger partial charge in [-0.1, -0.05) is 37.0 Å². The van der Waals surface area contributed by atoms with Gasteiger partial charge in [-0.2, -0.15) is 0 Å². The van der Waals surface area contributed by atoms with E-state index in [1.54, 1.807) is 12.1 Å². The molecule has 0 aliphatic rings. The van der Waals surface area contributed by atoms with E-state index < -0.39 is 0 Å². The number of amidine groups is 1. The Morgan fingerprint density at radius 3 is 2.75 bits per heavy atom. The third-order valence-electron chi connectivity index (χ3n) is 3.28. The van der Waals surface area contributed by atoms with Gasteiger partial charge in [-0.3, -0.25) is 0 Å². The smallest absolute Gasteiger partial charge is 0.147 e. The van der Waals surface area contributed by atoms with Crippen LogP contribution in [-0.2, 0) is 0 Å². The zero-order chi connectivity index (χ0) is 15.2. The van der Waals surface area contributed by atoms with Gasteiger partial charge in [0.25, 0.3) is 0 Å². The molecule has 0 fully saturated rings. The molecule has 1 aromatic carbocycles. The monoisotopic (exact) mass is 301 g/mol. The molecular formula is C14H21ClFN3O. The highest BCUT2D eigenvalue weighted by Gasteiger charge is 2.22. The van der Waals surface area contributed by atoms with Gasteiger partial charge in [0.15, 0.2) is 0 Å². The van der Waals surface area contributed by atoms with E-state index in [4.69, 9.17) is 22.5 Å². The first-order chi connectivity index (χ1) is 9.36. The average Bonchev–Trinajstić information content (AvgIpc) is 2.39. The van der Waals surface area contributed by atoms with Crippen molar-refractivity contribution in [3.05, 3.63) is 29.0 Å². The third kappa shape index (κ3) is 4.89. The van der Waals surface area contributed by atoms with Crippen molar-refractivity contribution in [2.75, 3.05) is 11.9 Å². The summed E-state index contributed by atoms with van der Waals surface area (Å²) in [6.45, 7) is 4.51. The van der Waals surface area contributed by atoms with Crippen molar-refractivity contribution in [3.8, 4) is 0 Å². The number of rotatable bonds is 7. The molecule has 0 aliphatic carbocycles. The van der Waals surface area contributed by atoms with Gasteiger partial charge in [-0.05, 0) is 31.0 Å². The Labute approximate surface area is 123 Å². The second kappa shape index (κ2) is 7.33. The van der Waals surface area contributed by atoms with Crippen LogP contribution in [0, 0.1) is 11.2 Å². The summed E-state index contributed by atoms with van der Waals surface area (Å²) in [5, 5.41) is 15.1. The maximum atomic E-state index is 13.5. The van der Waals surface area contributed by atoms with Gasteiger partial charge >= 0.3 is 0 Å². The number of benzene rings is 1. The summed E-state index contributed by atoms with van der Waals surface area (Å²) in [5.41, 5.74) is 5.73. The van der Waals surface area contributed by atoms with Crippen LogP contribution in [0.15, 0.2) is 23.4 Å². The Balaban J connectivity index is 2.32. The number of halogens is 2. The Hall–Kier alpha value is -1.49. The Kier molecular flexibility index (Phi) is 6.07. The summed E-state index contributed by atoms with van der Waals surface area (Å²) < 4.78 is 13.5. The fraction of sp³-hybridized carbons (Fsp3) is 0.500. The molecule has 0 heterocycles. The van der Waals surface area contributed by atoms with Gasteiger partial charge in [0, 0.05) is 17.0 Å². The Morgan fingerprint density at radius 2 is 2.15 bits per heavy atom. The van der Waals surface area contributed by atoms with Gasteiger partial charge < -0.3 is 16.3 Å². The molecule has 0 saturated heterocycles. The lowest BCUT2D eigenvalue weighted by Crippen LogP contribution is -2.31. The molecule has 20 heavy (non-hydrogen) atoms. The van der Waals surface area contributed by atoms with E-state index in [1.165, 1.54) is 6.07 Å². The van der Waals surface area contributed by atoms with Crippen LogP contribution >= 0.6 is 11.6 Å². The molecule has 4 nitrogen and oxygen atoms in total. The normalized spacial score (nSPS) is 12.5. The maximum Gasteiger partial charge on any atom is 0.147 e. The maximum absolute atomic E-state index is 13.5. The minimum absolute atomic E-state index is 0.231. The quantitative estimate of drug-likeness (QED) is 0.236. The number of nitrogens with zero attached hydrogens (tertiary/aromatic N) is 1. The molecule has 0 aliphatic heterocycles. The molecule has 0 unspecified atom stereocenters. The highest BCUT2D eigenvalue weighted by Crippen LogP contribution is 2.23. The molecule has 112 valence electrons. The lowest BCUT2D eigenvalue weighted by molar-refractivity contribution is 0.304. The minimum Gasteiger partial charge on any atom is -0.409 e. The van der Waals surface area contributed by atoms with E-state index in [0.29, 0.717) is 17.3 Å². The first kappa shape index (κ1) is 16.6. The number of hydrogen-bond acceptors (Lipinski definition) is 3. The van der Waals surface area contributed by atoms with E-state index >= 15 is 0 Å². The molecule has 0 radical (unpaired) electrons. The van der Waals surface area contributed by atoms with Crippen LogP contribution in [0.4, 0.5) is 10.1 Å². The minimum atomic E-state index is -0.352. The van der Waals surface area contributed by atoms with E-state index in [9.17, 15) is 4.39 Å². The Morgan fingerprint density at radius 1 is 1.45 bits per heavy atom. The fourth-order valence-electron chi connectivity index (χ4n) is 1.81. The molecule has 0 saturated carbocycles. The summed E-state index contributed by atoms with van der Waals surface area (Å²) in [7, 11) is 0. The van der Waals surface area contributed by atoms with Crippen molar-refractivity contribution in [2.45, 2.75) is 33.1 Å². The van der Waals surface area contributed by atoms with E-state index in [2.05, 4.69) is 10.5 Å².